The van der Waals surface area contributed by atoms with E-state index in [2.05, 4.69) is 5.32 Å². The third kappa shape index (κ3) is 3.35. The smallest absolute Gasteiger partial charge is 0.335 e. The highest BCUT2D eigenvalue weighted by molar-refractivity contribution is 6.39. The van der Waals surface area contributed by atoms with Crippen molar-refractivity contribution in [3.63, 3.8) is 0 Å². The summed E-state index contributed by atoms with van der Waals surface area (Å²) in [5.41, 5.74) is 3.05. The summed E-state index contributed by atoms with van der Waals surface area (Å²) in [4.78, 5) is 40.0. The molecular formula is C20H19N3O3. The Balaban J connectivity index is 1.95. The van der Waals surface area contributed by atoms with Gasteiger partial charge in [0, 0.05) is 19.8 Å². The minimum Gasteiger partial charge on any atom is -0.378 e. The Bertz CT molecular complexity index is 897. The van der Waals surface area contributed by atoms with E-state index in [4.69, 9.17) is 0 Å². The van der Waals surface area contributed by atoms with Crippen molar-refractivity contribution >= 4 is 35.3 Å². The highest BCUT2D eigenvalue weighted by Gasteiger charge is 2.36. The molecule has 3 rings (SSSR count). The maximum Gasteiger partial charge on any atom is 0.335 e. The Hall–Kier alpha value is -3.41. The molecule has 1 saturated heterocycles. The highest BCUT2D eigenvalue weighted by atomic mass is 16.2. The average molecular weight is 349 g/mol. The lowest BCUT2D eigenvalue weighted by Gasteiger charge is -2.26. The van der Waals surface area contributed by atoms with E-state index < -0.39 is 17.8 Å². The third-order valence-corrected chi connectivity index (χ3v) is 4.11. The van der Waals surface area contributed by atoms with E-state index in [1.807, 2.05) is 50.2 Å². The number of benzene rings is 2. The maximum atomic E-state index is 12.8. The number of carbonyl (C=O) groups is 3. The summed E-state index contributed by atoms with van der Waals surface area (Å²) in [6, 6.07) is 13.6. The Morgan fingerprint density at radius 2 is 1.54 bits per heavy atom. The van der Waals surface area contributed by atoms with Crippen molar-refractivity contribution in [1.82, 2.24) is 5.32 Å². The zero-order valence-corrected chi connectivity index (χ0v) is 14.8. The van der Waals surface area contributed by atoms with E-state index >= 15 is 0 Å². The fraction of sp³-hybridized carbons (Fsp3) is 0.150. The Morgan fingerprint density at radius 3 is 2.12 bits per heavy atom. The molecule has 1 aliphatic rings. The second-order valence-corrected chi connectivity index (χ2v) is 6.28. The van der Waals surface area contributed by atoms with Gasteiger partial charge in [0.25, 0.3) is 11.8 Å². The minimum absolute atomic E-state index is 0.0808. The summed E-state index contributed by atoms with van der Waals surface area (Å²) >= 11 is 0. The number of urea groups is 1. The summed E-state index contributed by atoms with van der Waals surface area (Å²) in [6.45, 7) is 1.91. The molecule has 0 unspecified atom stereocenters. The minimum atomic E-state index is -0.746. The number of aryl methyl sites for hydroxylation is 1. The molecule has 0 spiro atoms. The van der Waals surface area contributed by atoms with Gasteiger partial charge in [-0.3, -0.25) is 14.9 Å². The first kappa shape index (κ1) is 17.4. The maximum absolute atomic E-state index is 12.8. The van der Waals surface area contributed by atoms with Gasteiger partial charge in [-0.1, -0.05) is 29.8 Å². The Morgan fingerprint density at radius 1 is 0.923 bits per heavy atom. The van der Waals surface area contributed by atoms with Crippen LogP contribution in [0.3, 0.4) is 0 Å². The van der Waals surface area contributed by atoms with Crippen molar-refractivity contribution in [2.45, 2.75) is 6.92 Å². The number of imide groups is 2. The SMILES string of the molecule is Cc1ccc(N2C(=O)NC(=O)/C(=C\c3ccc(N(C)C)cc3)C2=O)cc1. The molecule has 132 valence electrons. The lowest BCUT2D eigenvalue weighted by molar-refractivity contribution is -0.122. The molecule has 0 saturated carbocycles. The van der Waals surface area contributed by atoms with Crippen molar-refractivity contribution in [2.75, 3.05) is 23.9 Å². The van der Waals surface area contributed by atoms with E-state index in [-0.39, 0.29) is 5.57 Å². The van der Waals surface area contributed by atoms with Crippen LogP contribution in [0.5, 0.6) is 0 Å². The van der Waals surface area contributed by atoms with E-state index in [1.54, 1.807) is 24.3 Å². The number of nitrogens with one attached hydrogen (secondary N) is 1. The zero-order chi connectivity index (χ0) is 18.8. The van der Waals surface area contributed by atoms with Crippen LogP contribution in [-0.2, 0) is 9.59 Å². The molecule has 2 aromatic rings. The number of nitrogens with zero attached hydrogens (tertiary/aromatic N) is 2. The predicted octanol–water partition coefficient (Wildman–Crippen LogP) is 2.73. The van der Waals surface area contributed by atoms with Gasteiger partial charge in [-0.25, -0.2) is 9.69 Å². The van der Waals surface area contributed by atoms with Crippen LogP contribution in [0.2, 0.25) is 0 Å². The van der Waals surface area contributed by atoms with Crippen molar-refractivity contribution in [1.29, 1.82) is 0 Å². The standard InChI is InChI=1S/C20H19N3O3/c1-13-4-8-16(9-5-13)23-19(25)17(18(24)21-20(23)26)12-14-6-10-15(11-7-14)22(2)3/h4-12H,1-3H3,(H,21,24,26)/b17-12+. The molecule has 6 heteroatoms. The van der Waals surface area contributed by atoms with Crippen LogP contribution in [0, 0.1) is 6.92 Å². The fourth-order valence-corrected chi connectivity index (χ4v) is 2.62. The summed E-state index contributed by atoms with van der Waals surface area (Å²) < 4.78 is 0. The van der Waals surface area contributed by atoms with Crippen LogP contribution in [-0.4, -0.2) is 31.9 Å². The van der Waals surface area contributed by atoms with Gasteiger partial charge in [0.1, 0.15) is 5.57 Å². The number of rotatable bonds is 3. The molecule has 0 aromatic heterocycles. The van der Waals surface area contributed by atoms with E-state index in [0.29, 0.717) is 11.3 Å². The van der Waals surface area contributed by atoms with Crippen LogP contribution < -0.4 is 15.1 Å². The summed E-state index contributed by atoms with van der Waals surface area (Å²) in [5.74, 6) is -1.33. The van der Waals surface area contributed by atoms with Crippen LogP contribution in [0.4, 0.5) is 16.2 Å². The van der Waals surface area contributed by atoms with Gasteiger partial charge in [0.15, 0.2) is 0 Å². The average Bonchev–Trinajstić information content (AvgIpc) is 2.60. The van der Waals surface area contributed by atoms with E-state index in [9.17, 15) is 14.4 Å². The lowest BCUT2D eigenvalue weighted by atomic mass is 10.1. The number of barbiturate groups is 1. The topological polar surface area (TPSA) is 69.7 Å². The third-order valence-electron chi connectivity index (χ3n) is 4.11. The molecular weight excluding hydrogens is 330 g/mol. The second-order valence-electron chi connectivity index (χ2n) is 6.28. The number of hydrogen-bond donors (Lipinski definition) is 1. The first-order valence-corrected chi connectivity index (χ1v) is 8.12. The molecule has 0 atom stereocenters. The van der Waals surface area contributed by atoms with Gasteiger partial charge in [-0.05, 0) is 42.8 Å². The summed E-state index contributed by atoms with van der Waals surface area (Å²) in [5, 5.41) is 2.22. The van der Waals surface area contributed by atoms with Gasteiger partial charge in [-0.2, -0.15) is 0 Å². The van der Waals surface area contributed by atoms with Gasteiger partial charge in [0.2, 0.25) is 0 Å². The summed E-state index contributed by atoms with van der Waals surface area (Å²) in [7, 11) is 3.85. The van der Waals surface area contributed by atoms with Crippen LogP contribution in [0.15, 0.2) is 54.1 Å². The molecule has 2 aromatic carbocycles. The van der Waals surface area contributed by atoms with Crippen LogP contribution in [0.25, 0.3) is 6.08 Å². The summed E-state index contributed by atoms with van der Waals surface area (Å²) in [6.07, 6.45) is 1.49. The van der Waals surface area contributed by atoms with Crippen molar-refractivity contribution in [2.24, 2.45) is 0 Å². The molecule has 26 heavy (non-hydrogen) atoms. The predicted molar refractivity (Wildman–Crippen MR) is 101 cm³/mol. The Labute approximate surface area is 151 Å². The van der Waals surface area contributed by atoms with Crippen LogP contribution >= 0.6 is 0 Å². The zero-order valence-electron chi connectivity index (χ0n) is 14.8. The van der Waals surface area contributed by atoms with Gasteiger partial charge >= 0.3 is 6.03 Å². The highest BCUT2D eigenvalue weighted by Crippen LogP contribution is 2.23. The van der Waals surface area contributed by atoms with Crippen molar-refractivity contribution < 1.29 is 14.4 Å². The molecule has 0 aliphatic carbocycles. The molecule has 1 fully saturated rings. The van der Waals surface area contributed by atoms with E-state index in [0.717, 1.165) is 16.2 Å². The van der Waals surface area contributed by atoms with Gasteiger partial charge in [-0.15, -0.1) is 0 Å². The number of carbonyl (C=O) groups excluding carboxylic acids is 3. The van der Waals surface area contributed by atoms with Crippen LogP contribution in [0.1, 0.15) is 11.1 Å². The largest absolute Gasteiger partial charge is 0.378 e. The number of hydrogen-bond acceptors (Lipinski definition) is 4. The molecule has 4 amide bonds. The monoisotopic (exact) mass is 349 g/mol. The Kier molecular flexibility index (Phi) is 4.58. The molecule has 1 aliphatic heterocycles. The molecule has 6 nitrogen and oxygen atoms in total. The number of amides is 4. The second kappa shape index (κ2) is 6.84. The quantitative estimate of drug-likeness (QED) is 0.683. The van der Waals surface area contributed by atoms with Crippen molar-refractivity contribution in [3.8, 4) is 0 Å². The molecule has 1 N–H and O–H groups in total. The number of anilines is 2. The first-order chi connectivity index (χ1) is 12.4. The lowest BCUT2D eigenvalue weighted by Crippen LogP contribution is -2.54. The first-order valence-electron chi connectivity index (χ1n) is 8.12. The normalized spacial score (nSPS) is 16.0. The molecule has 0 bridgehead atoms. The molecule has 1 heterocycles. The van der Waals surface area contributed by atoms with Gasteiger partial charge in [0.05, 0.1) is 5.69 Å². The van der Waals surface area contributed by atoms with Gasteiger partial charge < -0.3 is 4.90 Å². The van der Waals surface area contributed by atoms with E-state index in [1.165, 1.54) is 6.08 Å². The molecule has 0 radical (unpaired) electrons. The fourth-order valence-electron chi connectivity index (χ4n) is 2.62. The van der Waals surface area contributed by atoms with Crippen molar-refractivity contribution in [3.05, 3.63) is 65.2 Å².